The van der Waals surface area contributed by atoms with E-state index in [2.05, 4.69) is 15.0 Å². The van der Waals surface area contributed by atoms with Crippen LogP contribution >= 0.6 is 0 Å². The molecule has 5 nitrogen and oxygen atoms in total. The molecule has 1 aliphatic rings. The maximum Gasteiger partial charge on any atom is 0.387 e. The molecule has 1 aromatic heterocycles. The first-order valence-corrected chi connectivity index (χ1v) is 6.78. The molecular weight excluding hydrogens is 278 g/mol. The number of hydrogen-bond donors (Lipinski definition) is 3. The number of rotatable bonds is 6. The average molecular weight is 296 g/mol. The molecule has 0 aliphatic heterocycles. The van der Waals surface area contributed by atoms with E-state index in [4.69, 9.17) is 11.1 Å². The minimum atomic E-state index is -2.97. The van der Waals surface area contributed by atoms with E-state index in [9.17, 15) is 8.78 Å². The van der Waals surface area contributed by atoms with E-state index < -0.39 is 6.61 Å². The highest BCUT2D eigenvalue weighted by atomic mass is 19.3. The molecule has 1 fully saturated rings. The van der Waals surface area contributed by atoms with Crippen LogP contribution in [-0.2, 0) is 0 Å². The first-order valence-electron chi connectivity index (χ1n) is 6.78. The zero-order valence-electron chi connectivity index (χ0n) is 11.5. The van der Waals surface area contributed by atoms with Crippen molar-refractivity contribution in [3.05, 3.63) is 30.1 Å². The van der Waals surface area contributed by atoms with E-state index in [-0.39, 0.29) is 17.3 Å². The van der Waals surface area contributed by atoms with Gasteiger partial charge in [0, 0.05) is 17.8 Å². The molecule has 1 aliphatic carbocycles. The summed E-state index contributed by atoms with van der Waals surface area (Å²) in [4.78, 5) is 3.76. The van der Waals surface area contributed by atoms with Gasteiger partial charge in [0.25, 0.3) is 0 Å². The third kappa shape index (κ3) is 4.40. The average Bonchev–Trinajstić information content (AvgIpc) is 2.94. The van der Waals surface area contributed by atoms with Crippen molar-refractivity contribution in [1.29, 1.82) is 5.41 Å². The Hall–Kier alpha value is -2.18. The van der Waals surface area contributed by atoms with Crippen molar-refractivity contribution in [3.63, 3.8) is 0 Å². The lowest BCUT2D eigenvalue weighted by atomic mass is 10.1. The van der Waals surface area contributed by atoms with Crippen molar-refractivity contribution in [3.8, 4) is 5.75 Å². The van der Waals surface area contributed by atoms with Crippen molar-refractivity contribution in [2.24, 2.45) is 0 Å². The first-order chi connectivity index (χ1) is 10.1. The van der Waals surface area contributed by atoms with E-state index in [0.717, 1.165) is 12.8 Å². The first kappa shape index (κ1) is 15.2. The monoisotopic (exact) mass is 296 g/mol. The summed E-state index contributed by atoms with van der Waals surface area (Å²) in [5.41, 5.74) is 5.96. The van der Waals surface area contributed by atoms with Crippen LogP contribution in [0, 0.1) is 5.41 Å². The predicted molar refractivity (Wildman–Crippen MR) is 76.6 cm³/mol. The highest BCUT2D eigenvalue weighted by Gasteiger charge is 2.13. The molecule has 0 amide bonds. The zero-order valence-corrected chi connectivity index (χ0v) is 11.5. The van der Waals surface area contributed by atoms with Crippen LogP contribution in [-0.4, -0.2) is 23.3 Å². The predicted octanol–water partition coefficient (Wildman–Crippen LogP) is 2.68. The SMILES string of the molecule is N=C(/C=C\NC1CCCC1)c1cnc(N)c(OC(F)F)c1. The lowest BCUT2D eigenvalue weighted by molar-refractivity contribution is -0.0495. The maximum atomic E-state index is 12.2. The topological polar surface area (TPSA) is 84.0 Å². The Morgan fingerprint density at radius 1 is 1.48 bits per heavy atom. The molecule has 0 bridgehead atoms. The summed E-state index contributed by atoms with van der Waals surface area (Å²) in [6, 6.07) is 1.74. The van der Waals surface area contributed by atoms with Crippen molar-refractivity contribution in [2.75, 3.05) is 5.73 Å². The second-order valence-electron chi connectivity index (χ2n) is 4.88. The number of ether oxygens (including phenoxy) is 1. The molecule has 1 heterocycles. The van der Waals surface area contributed by atoms with Crippen molar-refractivity contribution in [1.82, 2.24) is 10.3 Å². The molecule has 1 aromatic rings. The summed E-state index contributed by atoms with van der Waals surface area (Å²) in [6.45, 7) is -2.97. The molecule has 0 spiro atoms. The number of nitrogens with one attached hydrogen (secondary N) is 2. The molecule has 0 aromatic carbocycles. The summed E-state index contributed by atoms with van der Waals surface area (Å²) in [7, 11) is 0. The quantitative estimate of drug-likeness (QED) is 0.705. The summed E-state index contributed by atoms with van der Waals surface area (Å²) in [6.07, 6.45) is 9.34. The highest BCUT2D eigenvalue weighted by molar-refractivity contribution is 6.06. The lowest BCUT2D eigenvalue weighted by Crippen LogP contribution is -2.20. The van der Waals surface area contributed by atoms with E-state index in [1.54, 1.807) is 12.3 Å². The fourth-order valence-electron chi connectivity index (χ4n) is 2.25. The van der Waals surface area contributed by atoms with Crippen LogP contribution in [0.3, 0.4) is 0 Å². The van der Waals surface area contributed by atoms with Gasteiger partial charge >= 0.3 is 6.61 Å². The molecule has 0 radical (unpaired) electrons. The number of nitrogen functional groups attached to an aromatic ring is 1. The lowest BCUT2D eigenvalue weighted by Gasteiger charge is -2.09. The third-order valence-corrected chi connectivity index (χ3v) is 3.35. The molecule has 0 unspecified atom stereocenters. The zero-order chi connectivity index (χ0) is 15.2. The van der Waals surface area contributed by atoms with Crippen LogP contribution in [0.1, 0.15) is 31.2 Å². The molecule has 114 valence electrons. The minimum absolute atomic E-state index is 0.125. The Morgan fingerprint density at radius 3 is 2.86 bits per heavy atom. The van der Waals surface area contributed by atoms with Gasteiger partial charge in [0.2, 0.25) is 0 Å². The number of nitrogens with two attached hydrogens (primary N) is 1. The number of alkyl halides is 2. The molecular formula is C14H18F2N4O. The van der Waals surface area contributed by atoms with Crippen LogP contribution in [0.2, 0.25) is 0 Å². The van der Waals surface area contributed by atoms with Crippen LogP contribution in [0.4, 0.5) is 14.6 Å². The molecule has 1 saturated carbocycles. The Kier molecular flexibility index (Phi) is 5.08. The number of allylic oxidation sites excluding steroid dienone is 1. The fourth-order valence-corrected chi connectivity index (χ4v) is 2.25. The second-order valence-corrected chi connectivity index (χ2v) is 4.88. The second kappa shape index (κ2) is 7.01. The normalized spacial score (nSPS) is 15.8. The number of halogens is 2. The Balaban J connectivity index is 1.99. The summed E-state index contributed by atoms with van der Waals surface area (Å²) in [5, 5.41) is 11.1. The largest absolute Gasteiger partial charge is 0.431 e. The smallest absolute Gasteiger partial charge is 0.387 e. The van der Waals surface area contributed by atoms with Gasteiger partial charge in [-0.3, -0.25) is 0 Å². The van der Waals surface area contributed by atoms with Gasteiger partial charge in [-0.1, -0.05) is 12.8 Å². The van der Waals surface area contributed by atoms with Crippen LogP contribution in [0.25, 0.3) is 0 Å². The maximum absolute atomic E-state index is 12.2. The van der Waals surface area contributed by atoms with E-state index in [0.29, 0.717) is 11.6 Å². The fraction of sp³-hybridized carbons (Fsp3) is 0.429. The van der Waals surface area contributed by atoms with Gasteiger partial charge in [0.1, 0.15) is 0 Å². The van der Waals surface area contributed by atoms with Gasteiger partial charge in [0.15, 0.2) is 11.6 Å². The molecule has 4 N–H and O–H groups in total. The number of anilines is 1. The van der Waals surface area contributed by atoms with Crippen LogP contribution < -0.4 is 15.8 Å². The van der Waals surface area contributed by atoms with Gasteiger partial charge in [-0.05, 0) is 31.2 Å². The molecule has 7 heteroatoms. The molecule has 0 atom stereocenters. The summed E-state index contributed by atoms with van der Waals surface area (Å²) in [5.74, 6) is -0.343. The Morgan fingerprint density at radius 2 is 2.19 bits per heavy atom. The molecule has 21 heavy (non-hydrogen) atoms. The molecule has 0 saturated heterocycles. The number of pyridine rings is 1. The van der Waals surface area contributed by atoms with Crippen molar-refractivity contribution < 1.29 is 13.5 Å². The third-order valence-electron chi connectivity index (χ3n) is 3.35. The van der Waals surface area contributed by atoms with Gasteiger partial charge in [-0.15, -0.1) is 0 Å². The number of hydrogen-bond acceptors (Lipinski definition) is 5. The van der Waals surface area contributed by atoms with Crippen molar-refractivity contribution >= 4 is 11.5 Å². The van der Waals surface area contributed by atoms with Gasteiger partial charge in [0.05, 0.1) is 5.71 Å². The van der Waals surface area contributed by atoms with Crippen LogP contribution in [0.5, 0.6) is 5.75 Å². The van der Waals surface area contributed by atoms with E-state index in [1.807, 2.05) is 0 Å². The van der Waals surface area contributed by atoms with Gasteiger partial charge < -0.3 is 21.2 Å². The Bertz CT molecular complexity index is 528. The summed E-state index contributed by atoms with van der Waals surface area (Å²) < 4.78 is 28.7. The minimum Gasteiger partial charge on any atom is -0.431 e. The molecule has 2 rings (SSSR count). The standard InChI is InChI=1S/C14H18F2N4O/c15-14(16)21-12-7-9(8-20-13(12)18)11(17)5-6-19-10-3-1-2-4-10/h5-8,10,14,17,19H,1-4H2,(H2,18,20)/b6-5-,17-11?. The van der Waals surface area contributed by atoms with Gasteiger partial charge in [-0.2, -0.15) is 8.78 Å². The highest BCUT2D eigenvalue weighted by Crippen LogP contribution is 2.22. The summed E-state index contributed by atoms with van der Waals surface area (Å²) >= 11 is 0. The number of aromatic nitrogens is 1. The number of nitrogens with zero attached hydrogens (tertiary/aromatic N) is 1. The van der Waals surface area contributed by atoms with Gasteiger partial charge in [-0.25, -0.2) is 4.98 Å². The van der Waals surface area contributed by atoms with E-state index >= 15 is 0 Å². The van der Waals surface area contributed by atoms with E-state index in [1.165, 1.54) is 25.1 Å². The Labute approximate surface area is 121 Å². The van der Waals surface area contributed by atoms with Crippen molar-refractivity contribution in [2.45, 2.75) is 38.3 Å². The van der Waals surface area contributed by atoms with Crippen LogP contribution in [0.15, 0.2) is 24.5 Å².